The van der Waals surface area contributed by atoms with Crippen LogP contribution in [-0.2, 0) is 9.59 Å². The molecule has 7 nitrogen and oxygen atoms in total. The van der Waals surface area contributed by atoms with Crippen LogP contribution in [0, 0.1) is 0 Å². The maximum Gasteiger partial charge on any atom is 0.335 e. The van der Waals surface area contributed by atoms with E-state index in [-0.39, 0.29) is 5.57 Å². The molecule has 1 N–H and O–H groups in total. The molecule has 0 unspecified atom stereocenters. The van der Waals surface area contributed by atoms with E-state index in [1.807, 2.05) is 24.3 Å². The highest BCUT2D eigenvalue weighted by Gasteiger charge is 2.36. The van der Waals surface area contributed by atoms with Crippen molar-refractivity contribution in [1.29, 1.82) is 0 Å². The minimum Gasteiger partial charge on any atom is -0.497 e. The third-order valence-electron chi connectivity index (χ3n) is 5.59. The minimum absolute atomic E-state index is 0.0926. The van der Waals surface area contributed by atoms with Crippen molar-refractivity contribution in [1.82, 2.24) is 5.32 Å². The lowest BCUT2D eigenvalue weighted by atomic mass is 10.1. The number of anilines is 2. The number of hydrogen-bond donors (Lipinski definition) is 1. The average molecular weight is 419 g/mol. The molecule has 160 valence electrons. The molecule has 2 aromatic rings. The number of hydrogen-bond acceptors (Lipinski definition) is 5. The Morgan fingerprint density at radius 2 is 1.61 bits per heavy atom. The molecule has 31 heavy (non-hydrogen) atoms. The van der Waals surface area contributed by atoms with Crippen LogP contribution in [-0.4, -0.2) is 38.0 Å². The first-order valence-electron chi connectivity index (χ1n) is 10.5. The van der Waals surface area contributed by atoms with E-state index in [1.165, 1.54) is 38.9 Å². The largest absolute Gasteiger partial charge is 0.497 e. The van der Waals surface area contributed by atoms with Crippen molar-refractivity contribution in [2.24, 2.45) is 0 Å². The van der Waals surface area contributed by atoms with Crippen molar-refractivity contribution in [2.75, 3.05) is 30.0 Å². The van der Waals surface area contributed by atoms with Gasteiger partial charge in [-0.2, -0.15) is 0 Å². The molecule has 7 heteroatoms. The van der Waals surface area contributed by atoms with E-state index in [0.717, 1.165) is 29.2 Å². The molecule has 2 heterocycles. The molecule has 2 saturated heterocycles. The fourth-order valence-electron chi connectivity index (χ4n) is 3.92. The zero-order valence-electron chi connectivity index (χ0n) is 17.5. The van der Waals surface area contributed by atoms with Crippen molar-refractivity contribution in [2.45, 2.75) is 25.7 Å². The maximum atomic E-state index is 13.0. The molecule has 2 aliphatic rings. The summed E-state index contributed by atoms with van der Waals surface area (Å²) in [5.41, 5.74) is 2.09. The highest BCUT2D eigenvalue weighted by Crippen LogP contribution is 2.26. The number of nitrogens with one attached hydrogen (secondary N) is 1. The number of ether oxygens (including phenoxy) is 1. The summed E-state index contributed by atoms with van der Waals surface area (Å²) >= 11 is 0. The lowest BCUT2D eigenvalue weighted by Gasteiger charge is -2.26. The van der Waals surface area contributed by atoms with E-state index < -0.39 is 17.8 Å². The molecule has 2 aromatic carbocycles. The Morgan fingerprint density at radius 3 is 2.29 bits per heavy atom. The van der Waals surface area contributed by atoms with Gasteiger partial charge in [-0.3, -0.25) is 14.9 Å². The van der Waals surface area contributed by atoms with Crippen LogP contribution in [0.25, 0.3) is 6.08 Å². The van der Waals surface area contributed by atoms with Crippen LogP contribution in [0.15, 0.2) is 54.1 Å². The number of rotatable bonds is 4. The van der Waals surface area contributed by atoms with Crippen molar-refractivity contribution in [3.63, 3.8) is 0 Å². The molecule has 0 bridgehead atoms. The Balaban J connectivity index is 1.59. The molecule has 4 amide bonds. The van der Waals surface area contributed by atoms with Gasteiger partial charge in [0, 0.05) is 24.8 Å². The Kier molecular flexibility index (Phi) is 6.02. The number of methoxy groups -OCH3 is 1. The number of barbiturate groups is 1. The predicted molar refractivity (Wildman–Crippen MR) is 119 cm³/mol. The molecule has 0 aliphatic carbocycles. The van der Waals surface area contributed by atoms with Crippen LogP contribution in [0.3, 0.4) is 0 Å². The summed E-state index contributed by atoms with van der Waals surface area (Å²) in [6.07, 6.45) is 6.42. The number of imide groups is 2. The van der Waals surface area contributed by atoms with Crippen LogP contribution in [0.5, 0.6) is 5.75 Å². The smallest absolute Gasteiger partial charge is 0.335 e. The Labute approximate surface area is 181 Å². The van der Waals surface area contributed by atoms with Crippen molar-refractivity contribution in [3.05, 3.63) is 59.7 Å². The van der Waals surface area contributed by atoms with E-state index in [0.29, 0.717) is 11.4 Å². The highest BCUT2D eigenvalue weighted by atomic mass is 16.5. The fraction of sp³-hybridized carbons (Fsp3) is 0.292. The van der Waals surface area contributed by atoms with E-state index in [1.54, 1.807) is 24.3 Å². The van der Waals surface area contributed by atoms with Gasteiger partial charge < -0.3 is 9.64 Å². The van der Waals surface area contributed by atoms with E-state index in [4.69, 9.17) is 4.74 Å². The van der Waals surface area contributed by atoms with E-state index in [2.05, 4.69) is 10.2 Å². The second-order valence-electron chi connectivity index (χ2n) is 7.65. The van der Waals surface area contributed by atoms with Gasteiger partial charge in [0.2, 0.25) is 0 Å². The lowest BCUT2D eigenvalue weighted by molar-refractivity contribution is -0.122. The standard InChI is InChI=1S/C24H25N3O4/c1-31-20-8-6-7-19(16-20)27-23(29)21(22(28)25-24(27)30)15-17-9-11-18(12-10-17)26-13-4-2-3-5-14-26/h6-12,15-16H,2-5,13-14H2,1H3,(H,25,28,30)/b21-15-. The molecule has 0 saturated carbocycles. The maximum absolute atomic E-state index is 13.0. The number of nitrogens with zero attached hydrogens (tertiary/aromatic N) is 2. The predicted octanol–water partition coefficient (Wildman–Crippen LogP) is 3.74. The first-order valence-corrected chi connectivity index (χ1v) is 10.5. The van der Waals surface area contributed by atoms with Crippen LogP contribution in [0.2, 0.25) is 0 Å². The van der Waals surface area contributed by atoms with Crippen LogP contribution < -0.4 is 19.9 Å². The van der Waals surface area contributed by atoms with Gasteiger partial charge in [-0.1, -0.05) is 31.0 Å². The second kappa shape index (κ2) is 9.04. The molecule has 0 aromatic heterocycles. The summed E-state index contributed by atoms with van der Waals surface area (Å²) in [6.45, 7) is 2.08. The molecule has 4 rings (SSSR count). The summed E-state index contributed by atoms with van der Waals surface area (Å²) in [5.74, 6) is -0.867. The summed E-state index contributed by atoms with van der Waals surface area (Å²) in [7, 11) is 1.50. The Bertz CT molecular complexity index is 1020. The van der Waals surface area contributed by atoms with Crippen LogP contribution in [0.1, 0.15) is 31.2 Å². The normalized spacial score (nSPS) is 18.7. The molecule has 0 radical (unpaired) electrons. The fourth-order valence-corrected chi connectivity index (χ4v) is 3.92. The van der Waals surface area contributed by atoms with Crippen LogP contribution >= 0.6 is 0 Å². The van der Waals surface area contributed by atoms with Crippen molar-refractivity contribution < 1.29 is 19.1 Å². The van der Waals surface area contributed by atoms with Gasteiger partial charge in [-0.05, 0) is 48.7 Å². The van der Waals surface area contributed by atoms with Gasteiger partial charge in [0.25, 0.3) is 11.8 Å². The molecule has 2 fully saturated rings. The van der Waals surface area contributed by atoms with Crippen molar-refractivity contribution >= 4 is 35.3 Å². The highest BCUT2D eigenvalue weighted by molar-refractivity contribution is 6.39. The van der Waals surface area contributed by atoms with Crippen molar-refractivity contribution in [3.8, 4) is 5.75 Å². The molecular formula is C24H25N3O4. The SMILES string of the molecule is COc1cccc(N2C(=O)NC(=O)/C(=C/c3ccc(N4CCCCCC4)cc3)C2=O)c1. The summed E-state index contributed by atoms with van der Waals surface area (Å²) in [6, 6.07) is 13.6. The number of carbonyl (C=O) groups excluding carboxylic acids is 3. The zero-order chi connectivity index (χ0) is 21.8. The number of amides is 4. The Hall–Kier alpha value is -3.61. The van der Waals surface area contributed by atoms with E-state index in [9.17, 15) is 14.4 Å². The molecule has 0 spiro atoms. The molecular weight excluding hydrogens is 394 g/mol. The summed E-state index contributed by atoms with van der Waals surface area (Å²) < 4.78 is 5.17. The van der Waals surface area contributed by atoms with Gasteiger partial charge in [-0.15, -0.1) is 0 Å². The summed E-state index contributed by atoms with van der Waals surface area (Å²) in [5, 5.41) is 2.25. The first kappa shape index (κ1) is 20.7. The monoisotopic (exact) mass is 419 g/mol. The lowest BCUT2D eigenvalue weighted by Crippen LogP contribution is -2.54. The van der Waals surface area contributed by atoms with Gasteiger partial charge >= 0.3 is 6.03 Å². The average Bonchev–Trinajstić information content (AvgIpc) is 3.07. The minimum atomic E-state index is -0.781. The second-order valence-corrected chi connectivity index (χ2v) is 7.65. The first-order chi connectivity index (χ1) is 15.1. The number of carbonyl (C=O) groups is 3. The molecule has 0 atom stereocenters. The topological polar surface area (TPSA) is 79.0 Å². The quantitative estimate of drug-likeness (QED) is 0.603. The van der Waals surface area contributed by atoms with Gasteiger partial charge in [0.15, 0.2) is 0 Å². The molecule has 2 aliphatic heterocycles. The summed E-state index contributed by atoms with van der Waals surface area (Å²) in [4.78, 5) is 41.1. The van der Waals surface area contributed by atoms with E-state index >= 15 is 0 Å². The third-order valence-corrected chi connectivity index (χ3v) is 5.59. The van der Waals surface area contributed by atoms with Gasteiger partial charge in [-0.25, -0.2) is 9.69 Å². The number of urea groups is 1. The zero-order valence-corrected chi connectivity index (χ0v) is 17.5. The Morgan fingerprint density at radius 1 is 0.903 bits per heavy atom. The number of benzene rings is 2. The van der Waals surface area contributed by atoms with Gasteiger partial charge in [0.05, 0.1) is 12.8 Å². The van der Waals surface area contributed by atoms with Gasteiger partial charge in [0.1, 0.15) is 11.3 Å². The van der Waals surface area contributed by atoms with Crippen LogP contribution in [0.4, 0.5) is 16.2 Å². The third kappa shape index (κ3) is 4.45.